The number of aromatic nitrogens is 3. The van der Waals surface area contributed by atoms with Gasteiger partial charge in [0.1, 0.15) is 6.10 Å². The van der Waals surface area contributed by atoms with Crippen LogP contribution in [0, 0.1) is 13.8 Å². The highest BCUT2D eigenvalue weighted by Gasteiger charge is 2.31. The van der Waals surface area contributed by atoms with E-state index in [1.54, 1.807) is 36.7 Å². The van der Waals surface area contributed by atoms with Gasteiger partial charge >= 0.3 is 12.2 Å². The molecule has 0 aliphatic carbocycles. The van der Waals surface area contributed by atoms with Gasteiger partial charge in [-0.2, -0.15) is 13.2 Å². The molecule has 1 aromatic carbocycles. The molecule has 3 aromatic rings. The number of benzene rings is 1. The third-order valence-electron chi connectivity index (χ3n) is 3.97. The molecule has 7 heteroatoms. The van der Waals surface area contributed by atoms with E-state index in [2.05, 4.69) is 15.0 Å². The monoisotopic (exact) mass is 373 g/mol. The minimum atomic E-state index is -4.42. The summed E-state index contributed by atoms with van der Waals surface area (Å²) in [5, 5.41) is 0. The Labute approximate surface area is 155 Å². The van der Waals surface area contributed by atoms with Crippen molar-refractivity contribution in [3.05, 3.63) is 82.9 Å². The van der Waals surface area contributed by atoms with Gasteiger partial charge in [-0.1, -0.05) is 12.1 Å². The third-order valence-corrected chi connectivity index (χ3v) is 3.97. The highest BCUT2D eigenvalue weighted by atomic mass is 19.4. The van der Waals surface area contributed by atoms with E-state index in [9.17, 15) is 13.2 Å². The predicted octanol–water partition coefficient (Wildman–Crippen LogP) is 4.87. The molecule has 1 atom stereocenters. The molecule has 140 valence electrons. The molecule has 1 unspecified atom stereocenters. The van der Waals surface area contributed by atoms with Crippen LogP contribution in [0.4, 0.5) is 13.2 Å². The van der Waals surface area contributed by atoms with Gasteiger partial charge in [-0.25, -0.2) is 9.97 Å². The topological polar surface area (TPSA) is 47.9 Å². The number of hydrogen-bond donors (Lipinski definition) is 0. The van der Waals surface area contributed by atoms with Crippen molar-refractivity contribution >= 4 is 0 Å². The molecule has 0 fully saturated rings. The highest BCUT2D eigenvalue weighted by Crippen LogP contribution is 2.32. The molecule has 0 bridgehead atoms. The van der Waals surface area contributed by atoms with Gasteiger partial charge in [0.25, 0.3) is 0 Å². The van der Waals surface area contributed by atoms with Crippen molar-refractivity contribution in [2.45, 2.75) is 32.5 Å². The SMILES string of the molecule is Cc1cc(C)nc(OC(Cc2ccncc2)c2cccc(C(F)(F)F)c2)n1. The molecule has 0 saturated heterocycles. The number of ether oxygens (including phenoxy) is 1. The van der Waals surface area contributed by atoms with Gasteiger partial charge in [-0.3, -0.25) is 4.98 Å². The van der Waals surface area contributed by atoms with E-state index in [-0.39, 0.29) is 6.01 Å². The second-order valence-electron chi connectivity index (χ2n) is 6.22. The summed E-state index contributed by atoms with van der Waals surface area (Å²) in [5.74, 6) is 0. The molecule has 0 amide bonds. The van der Waals surface area contributed by atoms with Crippen LogP contribution in [0.2, 0.25) is 0 Å². The molecule has 0 radical (unpaired) electrons. The summed E-state index contributed by atoms with van der Waals surface area (Å²) in [7, 11) is 0. The Bertz CT molecular complexity index is 894. The van der Waals surface area contributed by atoms with Crippen LogP contribution >= 0.6 is 0 Å². The zero-order valence-electron chi connectivity index (χ0n) is 14.9. The van der Waals surface area contributed by atoms with Crippen molar-refractivity contribution in [2.24, 2.45) is 0 Å². The molecule has 4 nitrogen and oxygen atoms in total. The van der Waals surface area contributed by atoms with Crippen LogP contribution in [0.5, 0.6) is 6.01 Å². The van der Waals surface area contributed by atoms with Crippen LogP contribution in [0.15, 0.2) is 54.9 Å². The zero-order valence-corrected chi connectivity index (χ0v) is 14.9. The number of pyridine rings is 1. The summed E-state index contributed by atoms with van der Waals surface area (Å²) < 4.78 is 45.3. The molecule has 0 aliphatic rings. The molecular weight excluding hydrogens is 355 g/mol. The molecule has 3 rings (SSSR count). The van der Waals surface area contributed by atoms with E-state index in [1.807, 2.05) is 13.8 Å². The lowest BCUT2D eigenvalue weighted by Gasteiger charge is -2.20. The fraction of sp³-hybridized carbons (Fsp3) is 0.250. The van der Waals surface area contributed by atoms with Crippen LogP contribution in [-0.2, 0) is 12.6 Å². The van der Waals surface area contributed by atoms with Gasteiger partial charge in [0, 0.05) is 30.2 Å². The summed E-state index contributed by atoms with van der Waals surface area (Å²) in [6.07, 6.45) is -1.47. The predicted molar refractivity (Wildman–Crippen MR) is 94.3 cm³/mol. The Morgan fingerprint density at radius 1 is 0.963 bits per heavy atom. The number of nitrogens with zero attached hydrogens (tertiary/aromatic N) is 3. The number of hydrogen-bond acceptors (Lipinski definition) is 4. The van der Waals surface area contributed by atoms with E-state index in [0.717, 1.165) is 29.1 Å². The van der Waals surface area contributed by atoms with Crippen molar-refractivity contribution in [3.63, 3.8) is 0 Å². The van der Waals surface area contributed by atoms with E-state index >= 15 is 0 Å². The van der Waals surface area contributed by atoms with Crippen molar-refractivity contribution < 1.29 is 17.9 Å². The second-order valence-corrected chi connectivity index (χ2v) is 6.22. The first kappa shape index (κ1) is 18.8. The summed E-state index contributed by atoms with van der Waals surface area (Å²) in [5.41, 5.74) is 2.03. The number of rotatable bonds is 5. The maximum absolute atomic E-state index is 13.1. The first-order valence-corrected chi connectivity index (χ1v) is 8.36. The van der Waals surface area contributed by atoms with Crippen LogP contribution in [0.1, 0.15) is 34.2 Å². The van der Waals surface area contributed by atoms with Crippen LogP contribution in [-0.4, -0.2) is 15.0 Å². The van der Waals surface area contributed by atoms with Gasteiger partial charge in [0.15, 0.2) is 0 Å². The van der Waals surface area contributed by atoms with Crippen molar-refractivity contribution in [1.82, 2.24) is 15.0 Å². The van der Waals surface area contributed by atoms with E-state index in [1.165, 1.54) is 6.07 Å². The molecule has 2 heterocycles. The highest BCUT2D eigenvalue weighted by molar-refractivity contribution is 5.29. The normalized spacial score (nSPS) is 12.6. The largest absolute Gasteiger partial charge is 0.455 e. The average Bonchev–Trinajstić information content (AvgIpc) is 2.61. The van der Waals surface area contributed by atoms with E-state index < -0.39 is 17.8 Å². The van der Waals surface area contributed by atoms with Crippen LogP contribution in [0.3, 0.4) is 0 Å². The average molecular weight is 373 g/mol. The smallest absolute Gasteiger partial charge is 0.416 e. The zero-order chi connectivity index (χ0) is 19.4. The number of alkyl halides is 3. The maximum atomic E-state index is 13.1. The molecule has 0 spiro atoms. The van der Waals surface area contributed by atoms with E-state index in [0.29, 0.717) is 12.0 Å². The molecule has 0 aliphatic heterocycles. The lowest BCUT2D eigenvalue weighted by atomic mass is 10.00. The molecule has 2 aromatic heterocycles. The lowest BCUT2D eigenvalue weighted by molar-refractivity contribution is -0.137. The molecule has 0 N–H and O–H groups in total. The molecule has 27 heavy (non-hydrogen) atoms. The number of aryl methyl sites for hydroxylation is 2. The quantitative estimate of drug-likeness (QED) is 0.640. The summed E-state index contributed by atoms with van der Waals surface area (Å²) in [4.78, 5) is 12.5. The maximum Gasteiger partial charge on any atom is 0.416 e. The number of halogens is 3. The third kappa shape index (κ3) is 5.03. The van der Waals surface area contributed by atoms with Gasteiger partial charge in [-0.15, -0.1) is 0 Å². The lowest BCUT2D eigenvalue weighted by Crippen LogP contribution is -2.15. The van der Waals surface area contributed by atoms with Crippen molar-refractivity contribution in [2.75, 3.05) is 0 Å². The van der Waals surface area contributed by atoms with Gasteiger partial charge in [0.2, 0.25) is 0 Å². The van der Waals surface area contributed by atoms with Crippen molar-refractivity contribution in [3.8, 4) is 6.01 Å². The molecular formula is C20H18F3N3O. The van der Waals surface area contributed by atoms with Crippen LogP contribution in [0.25, 0.3) is 0 Å². The first-order chi connectivity index (χ1) is 12.8. The van der Waals surface area contributed by atoms with Gasteiger partial charge in [-0.05, 0) is 55.3 Å². The fourth-order valence-electron chi connectivity index (χ4n) is 2.75. The van der Waals surface area contributed by atoms with Gasteiger partial charge in [0.05, 0.1) is 5.56 Å². The second kappa shape index (κ2) is 7.73. The van der Waals surface area contributed by atoms with Crippen LogP contribution < -0.4 is 4.74 Å². The molecule has 0 saturated carbocycles. The first-order valence-electron chi connectivity index (χ1n) is 8.36. The Kier molecular flexibility index (Phi) is 5.39. The van der Waals surface area contributed by atoms with E-state index in [4.69, 9.17) is 4.74 Å². The Morgan fingerprint density at radius 2 is 1.63 bits per heavy atom. The fourth-order valence-corrected chi connectivity index (χ4v) is 2.75. The Balaban J connectivity index is 1.97. The van der Waals surface area contributed by atoms with Gasteiger partial charge < -0.3 is 4.74 Å². The Hall–Kier alpha value is -2.96. The summed E-state index contributed by atoms with van der Waals surface area (Å²) >= 11 is 0. The summed E-state index contributed by atoms with van der Waals surface area (Å²) in [6, 6.07) is 10.7. The Morgan fingerprint density at radius 3 is 2.26 bits per heavy atom. The minimum Gasteiger partial charge on any atom is -0.455 e. The summed E-state index contributed by atoms with van der Waals surface area (Å²) in [6.45, 7) is 3.62. The van der Waals surface area contributed by atoms with Crippen molar-refractivity contribution in [1.29, 1.82) is 0 Å². The minimum absolute atomic E-state index is 0.143. The standard InChI is InChI=1S/C20H18F3N3O/c1-13-10-14(2)26-19(25-13)27-18(11-15-6-8-24-9-7-15)16-4-3-5-17(12-16)20(21,22)23/h3-10,12,18H,11H2,1-2H3.